The number of para-hydroxylation sites is 1. The molecular formula is C22H15BrClN3O4. The highest BCUT2D eigenvalue weighted by Gasteiger charge is 2.17. The minimum absolute atomic E-state index is 0.0961. The molecule has 0 aliphatic carbocycles. The van der Waals surface area contributed by atoms with Gasteiger partial charge >= 0.3 is 0 Å². The number of carbonyl (C=O) groups is 2. The topological polar surface area (TPSA) is 101 Å². The van der Waals surface area contributed by atoms with E-state index in [0.717, 1.165) is 0 Å². The van der Waals surface area contributed by atoms with Crippen molar-refractivity contribution < 1.29 is 14.5 Å². The van der Waals surface area contributed by atoms with Crippen molar-refractivity contribution in [2.45, 2.75) is 0 Å². The molecule has 0 spiro atoms. The van der Waals surface area contributed by atoms with Crippen molar-refractivity contribution in [1.82, 2.24) is 5.32 Å². The first-order valence-corrected chi connectivity index (χ1v) is 10.1. The third-order valence-electron chi connectivity index (χ3n) is 4.09. The maximum absolute atomic E-state index is 12.9. The molecule has 9 heteroatoms. The Bertz CT molecular complexity index is 1200. The number of rotatable bonds is 6. The Kier molecular flexibility index (Phi) is 7.17. The van der Waals surface area contributed by atoms with Crippen LogP contribution in [0.25, 0.3) is 6.08 Å². The van der Waals surface area contributed by atoms with Crippen LogP contribution in [-0.2, 0) is 4.79 Å². The van der Waals surface area contributed by atoms with Crippen LogP contribution in [-0.4, -0.2) is 16.7 Å². The van der Waals surface area contributed by atoms with Gasteiger partial charge in [0.25, 0.3) is 17.5 Å². The minimum atomic E-state index is -0.603. The van der Waals surface area contributed by atoms with Crippen LogP contribution >= 0.6 is 27.5 Å². The molecule has 0 saturated carbocycles. The smallest absolute Gasteiger partial charge is 0.272 e. The van der Waals surface area contributed by atoms with Crippen LogP contribution in [0.2, 0.25) is 5.02 Å². The van der Waals surface area contributed by atoms with Crippen molar-refractivity contribution in [3.63, 3.8) is 0 Å². The second kappa shape index (κ2) is 10.0. The Morgan fingerprint density at radius 1 is 1.00 bits per heavy atom. The van der Waals surface area contributed by atoms with Gasteiger partial charge in [0.15, 0.2) is 0 Å². The maximum atomic E-state index is 12.9. The molecule has 0 bridgehead atoms. The molecule has 3 aromatic carbocycles. The van der Waals surface area contributed by atoms with E-state index in [9.17, 15) is 19.7 Å². The predicted molar refractivity (Wildman–Crippen MR) is 123 cm³/mol. The van der Waals surface area contributed by atoms with Gasteiger partial charge in [-0.2, -0.15) is 0 Å². The molecule has 7 nitrogen and oxygen atoms in total. The summed E-state index contributed by atoms with van der Waals surface area (Å²) in [4.78, 5) is 36.2. The molecule has 0 aliphatic heterocycles. The summed E-state index contributed by atoms with van der Waals surface area (Å²) in [6, 6.07) is 19.0. The molecular weight excluding hydrogens is 486 g/mol. The number of nitrogens with one attached hydrogen (secondary N) is 2. The fourth-order valence-corrected chi connectivity index (χ4v) is 3.20. The molecule has 2 amide bonds. The summed E-state index contributed by atoms with van der Waals surface area (Å²) >= 11 is 9.30. The fraction of sp³-hybridized carbons (Fsp3) is 0. The summed E-state index contributed by atoms with van der Waals surface area (Å²) in [7, 11) is 0. The van der Waals surface area contributed by atoms with Gasteiger partial charge in [0.05, 0.1) is 10.6 Å². The highest BCUT2D eigenvalue weighted by molar-refractivity contribution is 9.10. The molecule has 0 saturated heterocycles. The molecule has 2 N–H and O–H groups in total. The lowest BCUT2D eigenvalue weighted by Crippen LogP contribution is -2.30. The lowest BCUT2D eigenvalue weighted by Gasteiger charge is -2.12. The third-order valence-corrected chi connectivity index (χ3v) is 5.02. The van der Waals surface area contributed by atoms with Crippen LogP contribution in [0.15, 0.2) is 83.0 Å². The third kappa shape index (κ3) is 6.00. The maximum Gasteiger partial charge on any atom is 0.272 e. The Balaban J connectivity index is 1.95. The zero-order chi connectivity index (χ0) is 22.4. The number of nitro benzene ring substituents is 1. The highest BCUT2D eigenvalue weighted by Crippen LogP contribution is 2.22. The van der Waals surface area contributed by atoms with E-state index in [1.165, 1.54) is 30.3 Å². The second-order valence-electron chi connectivity index (χ2n) is 6.31. The van der Waals surface area contributed by atoms with Crippen molar-refractivity contribution in [3.8, 4) is 0 Å². The normalized spacial score (nSPS) is 11.0. The van der Waals surface area contributed by atoms with Gasteiger partial charge in [0.2, 0.25) is 0 Å². The first-order chi connectivity index (χ1) is 14.8. The number of nitro groups is 1. The predicted octanol–water partition coefficient (Wildman–Crippen LogP) is 5.42. The van der Waals surface area contributed by atoms with E-state index in [2.05, 4.69) is 26.6 Å². The quantitative estimate of drug-likeness (QED) is 0.268. The monoisotopic (exact) mass is 499 g/mol. The number of hydrogen-bond donors (Lipinski definition) is 2. The largest absolute Gasteiger partial charge is 0.320 e. The van der Waals surface area contributed by atoms with Crippen LogP contribution in [0.1, 0.15) is 15.9 Å². The molecule has 0 fully saturated rings. The van der Waals surface area contributed by atoms with Crippen molar-refractivity contribution in [3.05, 3.63) is 109 Å². The van der Waals surface area contributed by atoms with E-state index >= 15 is 0 Å². The van der Waals surface area contributed by atoms with Gasteiger partial charge in [0, 0.05) is 27.2 Å². The lowest BCUT2D eigenvalue weighted by atomic mass is 10.1. The first-order valence-electron chi connectivity index (χ1n) is 8.92. The number of halogens is 2. The van der Waals surface area contributed by atoms with Crippen LogP contribution in [0, 0.1) is 10.1 Å². The summed E-state index contributed by atoms with van der Waals surface area (Å²) in [6.45, 7) is 0. The highest BCUT2D eigenvalue weighted by atomic mass is 79.9. The molecule has 3 aromatic rings. The second-order valence-corrected chi connectivity index (χ2v) is 7.60. The van der Waals surface area contributed by atoms with Crippen LogP contribution < -0.4 is 10.6 Å². The molecule has 156 valence electrons. The van der Waals surface area contributed by atoms with Crippen LogP contribution in [0.3, 0.4) is 0 Å². The van der Waals surface area contributed by atoms with E-state index in [1.807, 2.05) is 0 Å². The molecule has 31 heavy (non-hydrogen) atoms. The van der Waals surface area contributed by atoms with E-state index in [4.69, 9.17) is 11.6 Å². The minimum Gasteiger partial charge on any atom is -0.320 e. The first kappa shape index (κ1) is 22.2. The molecule has 0 unspecified atom stereocenters. The van der Waals surface area contributed by atoms with E-state index < -0.39 is 16.7 Å². The average molecular weight is 501 g/mol. The molecule has 0 heterocycles. The summed E-state index contributed by atoms with van der Waals surface area (Å²) in [5, 5.41) is 16.7. The molecule has 0 aromatic heterocycles. The van der Waals surface area contributed by atoms with E-state index in [0.29, 0.717) is 20.7 Å². The Morgan fingerprint density at radius 2 is 1.74 bits per heavy atom. The van der Waals surface area contributed by atoms with Crippen molar-refractivity contribution in [1.29, 1.82) is 0 Å². The molecule has 0 atom stereocenters. The Labute approximate surface area is 191 Å². The van der Waals surface area contributed by atoms with Gasteiger partial charge < -0.3 is 10.6 Å². The van der Waals surface area contributed by atoms with Gasteiger partial charge in [-0.15, -0.1) is 0 Å². The van der Waals surface area contributed by atoms with E-state index in [1.54, 1.807) is 48.5 Å². The number of carbonyl (C=O) groups excluding carboxylic acids is 2. The molecule has 0 radical (unpaired) electrons. The van der Waals surface area contributed by atoms with Gasteiger partial charge in [-0.3, -0.25) is 19.7 Å². The number of benzene rings is 3. The van der Waals surface area contributed by atoms with Crippen molar-refractivity contribution in [2.24, 2.45) is 0 Å². The number of non-ortho nitro benzene ring substituents is 1. The average Bonchev–Trinajstić information content (AvgIpc) is 2.75. The van der Waals surface area contributed by atoms with Gasteiger partial charge in [-0.05, 0) is 57.9 Å². The SMILES string of the molecule is O=C(Nc1ccccc1Br)C(=Cc1cccc([N+](=O)[O-])c1)NC(=O)c1cccc(Cl)c1. The summed E-state index contributed by atoms with van der Waals surface area (Å²) in [6.07, 6.45) is 1.36. The van der Waals surface area contributed by atoms with Gasteiger partial charge in [-0.1, -0.05) is 41.9 Å². The van der Waals surface area contributed by atoms with Gasteiger partial charge in [-0.25, -0.2) is 0 Å². The van der Waals surface area contributed by atoms with Crippen LogP contribution in [0.5, 0.6) is 0 Å². The molecule has 3 rings (SSSR count). The number of anilines is 1. The van der Waals surface area contributed by atoms with Crippen LogP contribution in [0.4, 0.5) is 11.4 Å². The summed E-state index contributed by atoms with van der Waals surface area (Å²) in [5.74, 6) is -1.16. The standard InChI is InChI=1S/C22H15BrClN3O4/c23-18-9-1-2-10-19(18)25-22(29)20(12-14-5-3-8-17(11-14)27(30)31)26-21(28)15-6-4-7-16(24)13-15/h1-13H,(H,25,29)(H,26,28). The summed E-state index contributed by atoms with van der Waals surface area (Å²) in [5.41, 5.74) is 0.889. The fourth-order valence-electron chi connectivity index (χ4n) is 2.63. The van der Waals surface area contributed by atoms with Gasteiger partial charge in [0.1, 0.15) is 5.70 Å². The Hall–Kier alpha value is -3.49. The lowest BCUT2D eigenvalue weighted by molar-refractivity contribution is -0.384. The number of nitrogens with zero attached hydrogens (tertiary/aromatic N) is 1. The molecule has 0 aliphatic rings. The number of hydrogen-bond acceptors (Lipinski definition) is 4. The zero-order valence-electron chi connectivity index (χ0n) is 15.8. The van der Waals surface area contributed by atoms with E-state index in [-0.39, 0.29) is 16.9 Å². The Morgan fingerprint density at radius 3 is 2.45 bits per heavy atom. The van der Waals surface area contributed by atoms with Crippen molar-refractivity contribution >= 4 is 56.8 Å². The zero-order valence-corrected chi connectivity index (χ0v) is 18.2. The summed E-state index contributed by atoms with van der Waals surface area (Å²) < 4.78 is 0.652. The number of amides is 2. The van der Waals surface area contributed by atoms with Crippen molar-refractivity contribution in [2.75, 3.05) is 5.32 Å².